The molecule has 0 amide bonds. The summed E-state index contributed by atoms with van der Waals surface area (Å²) in [5.41, 5.74) is 5.62. The van der Waals surface area contributed by atoms with E-state index in [9.17, 15) is 0 Å². The minimum Gasteiger partial charge on any atom is -0.300 e. The Morgan fingerprint density at radius 2 is 2.24 bits per heavy atom. The van der Waals surface area contributed by atoms with Crippen molar-refractivity contribution < 1.29 is 0 Å². The van der Waals surface area contributed by atoms with Gasteiger partial charge in [-0.3, -0.25) is 16.2 Å². The highest BCUT2D eigenvalue weighted by atomic mass is 32.2. The van der Waals surface area contributed by atoms with E-state index in [1.807, 2.05) is 11.8 Å². The molecule has 0 aliphatic carbocycles. The summed E-state index contributed by atoms with van der Waals surface area (Å²) >= 11 is 2.01. The van der Waals surface area contributed by atoms with Crippen LogP contribution >= 0.6 is 11.8 Å². The number of likely N-dealkylation sites (N-methyl/N-ethyl adjacent to an activating group) is 1. The maximum absolute atomic E-state index is 5.78. The molecule has 2 atom stereocenters. The molecule has 1 aliphatic heterocycles. The smallest absolute Gasteiger partial charge is 0.0625 e. The lowest BCUT2D eigenvalue weighted by Gasteiger charge is -2.38. The summed E-state index contributed by atoms with van der Waals surface area (Å²) in [6.45, 7) is 3.29. The summed E-state index contributed by atoms with van der Waals surface area (Å²) in [5, 5.41) is 0. The molecular weight excluding hydrogens is 230 g/mol. The number of rotatable bonds is 3. The van der Waals surface area contributed by atoms with Crippen LogP contribution in [-0.2, 0) is 0 Å². The summed E-state index contributed by atoms with van der Waals surface area (Å²) in [4.78, 5) is 2.41. The number of nitrogens with zero attached hydrogens (tertiary/aromatic N) is 1. The molecule has 0 saturated carbocycles. The van der Waals surface area contributed by atoms with Gasteiger partial charge in [-0.25, -0.2) is 0 Å². The van der Waals surface area contributed by atoms with Crippen LogP contribution in [0.25, 0.3) is 0 Å². The lowest BCUT2D eigenvalue weighted by atomic mass is 9.96. The van der Waals surface area contributed by atoms with E-state index in [2.05, 4.69) is 48.6 Å². The minimum absolute atomic E-state index is 0.217. The quantitative estimate of drug-likeness (QED) is 0.632. The molecule has 2 unspecified atom stereocenters. The first-order valence-corrected chi connectivity index (χ1v) is 7.19. The average molecular weight is 251 g/mol. The van der Waals surface area contributed by atoms with Crippen molar-refractivity contribution >= 4 is 11.8 Å². The van der Waals surface area contributed by atoms with Crippen LogP contribution in [0.15, 0.2) is 24.3 Å². The van der Waals surface area contributed by atoms with Crippen LogP contribution in [-0.4, -0.2) is 36.0 Å². The van der Waals surface area contributed by atoms with Crippen molar-refractivity contribution in [3.8, 4) is 0 Å². The highest BCUT2D eigenvalue weighted by Crippen LogP contribution is 2.27. The van der Waals surface area contributed by atoms with Gasteiger partial charge in [0.1, 0.15) is 0 Å². The van der Waals surface area contributed by atoms with E-state index >= 15 is 0 Å². The molecule has 94 valence electrons. The van der Waals surface area contributed by atoms with Crippen LogP contribution in [0.3, 0.4) is 0 Å². The van der Waals surface area contributed by atoms with Crippen molar-refractivity contribution in [2.75, 3.05) is 25.1 Å². The second kappa shape index (κ2) is 5.87. The fourth-order valence-electron chi connectivity index (χ4n) is 2.40. The van der Waals surface area contributed by atoms with Crippen molar-refractivity contribution in [2.24, 2.45) is 5.84 Å². The van der Waals surface area contributed by atoms with Gasteiger partial charge in [-0.1, -0.05) is 24.3 Å². The predicted molar refractivity (Wildman–Crippen MR) is 75.0 cm³/mol. The van der Waals surface area contributed by atoms with E-state index < -0.39 is 0 Å². The molecule has 1 aromatic rings. The van der Waals surface area contributed by atoms with Gasteiger partial charge in [0.15, 0.2) is 0 Å². The first kappa shape index (κ1) is 12.9. The van der Waals surface area contributed by atoms with Crippen molar-refractivity contribution in [3.05, 3.63) is 35.4 Å². The van der Waals surface area contributed by atoms with Crippen LogP contribution in [0, 0.1) is 6.92 Å². The number of hydrazine groups is 1. The number of hydrogen-bond donors (Lipinski definition) is 2. The summed E-state index contributed by atoms with van der Waals surface area (Å²) < 4.78 is 0. The van der Waals surface area contributed by atoms with Crippen molar-refractivity contribution in [1.29, 1.82) is 0 Å². The van der Waals surface area contributed by atoms with E-state index in [-0.39, 0.29) is 6.04 Å². The molecule has 1 heterocycles. The molecule has 4 heteroatoms. The van der Waals surface area contributed by atoms with Gasteiger partial charge in [0.25, 0.3) is 0 Å². The number of nitrogens with two attached hydrogens (primary N) is 1. The lowest BCUT2D eigenvalue weighted by Crippen LogP contribution is -2.49. The summed E-state index contributed by atoms with van der Waals surface area (Å²) in [6.07, 6.45) is 0. The molecule has 1 saturated heterocycles. The van der Waals surface area contributed by atoms with Crippen LogP contribution < -0.4 is 11.3 Å². The standard InChI is InChI=1S/C13H21N3S/c1-10-5-3-4-6-11(10)13(15-14)12-9-17-8-7-16(12)2/h3-6,12-13,15H,7-9,14H2,1-2H3. The molecule has 3 nitrogen and oxygen atoms in total. The summed E-state index contributed by atoms with van der Waals surface area (Å²) in [6, 6.07) is 9.17. The third-order valence-electron chi connectivity index (χ3n) is 3.53. The zero-order chi connectivity index (χ0) is 12.3. The van der Waals surface area contributed by atoms with E-state index in [4.69, 9.17) is 5.84 Å². The number of aryl methyl sites for hydroxylation is 1. The summed E-state index contributed by atoms with van der Waals surface area (Å²) in [5.74, 6) is 8.14. The molecule has 1 aromatic carbocycles. The third kappa shape index (κ3) is 2.83. The van der Waals surface area contributed by atoms with Crippen LogP contribution in [0.1, 0.15) is 17.2 Å². The highest BCUT2D eigenvalue weighted by Gasteiger charge is 2.29. The number of nitrogens with one attached hydrogen (secondary N) is 1. The van der Waals surface area contributed by atoms with Gasteiger partial charge in [-0.05, 0) is 25.1 Å². The molecule has 17 heavy (non-hydrogen) atoms. The van der Waals surface area contributed by atoms with Crippen molar-refractivity contribution in [3.63, 3.8) is 0 Å². The van der Waals surface area contributed by atoms with E-state index in [1.54, 1.807) is 0 Å². The van der Waals surface area contributed by atoms with Crippen LogP contribution in [0.2, 0.25) is 0 Å². The Balaban J connectivity index is 2.23. The molecule has 2 rings (SSSR count). The minimum atomic E-state index is 0.217. The van der Waals surface area contributed by atoms with Gasteiger partial charge in [-0.2, -0.15) is 11.8 Å². The van der Waals surface area contributed by atoms with E-state index in [0.29, 0.717) is 6.04 Å². The summed E-state index contributed by atoms with van der Waals surface area (Å²) in [7, 11) is 2.19. The zero-order valence-corrected chi connectivity index (χ0v) is 11.3. The monoisotopic (exact) mass is 251 g/mol. The number of thioether (sulfide) groups is 1. The maximum atomic E-state index is 5.78. The molecule has 0 aromatic heterocycles. The highest BCUT2D eigenvalue weighted by molar-refractivity contribution is 7.99. The Labute approximate surface area is 108 Å². The fraction of sp³-hybridized carbons (Fsp3) is 0.538. The van der Waals surface area contributed by atoms with Crippen LogP contribution in [0.5, 0.6) is 0 Å². The Kier molecular flexibility index (Phi) is 4.45. The second-order valence-corrected chi connectivity index (χ2v) is 5.77. The first-order valence-electron chi connectivity index (χ1n) is 6.03. The molecule has 0 bridgehead atoms. The van der Waals surface area contributed by atoms with Gasteiger partial charge in [0, 0.05) is 24.1 Å². The molecule has 0 radical (unpaired) electrons. The SMILES string of the molecule is Cc1ccccc1C(NN)C1CSCCN1C. The van der Waals surface area contributed by atoms with Gasteiger partial charge in [0.2, 0.25) is 0 Å². The van der Waals surface area contributed by atoms with Crippen molar-refractivity contribution in [1.82, 2.24) is 10.3 Å². The number of hydrogen-bond acceptors (Lipinski definition) is 4. The van der Waals surface area contributed by atoms with Gasteiger partial charge in [-0.15, -0.1) is 0 Å². The second-order valence-electron chi connectivity index (χ2n) is 4.62. The number of benzene rings is 1. The molecule has 0 spiro atoms. The average Bonchev–Trinajstić information content (AvgIpc) is 2.34. The Hall–Kier alpha value is -0.550. The molecule has 3 N–H and O–H groups in total. The van der Waals surface area contributed by atoms with Gasteiger partial charge < -0.3 is 0 Å². The third-order valence-corrected chi connectivity index (χ3v) is 4.58. The van der Waals surface area contributed by atoms with Crippen LogP contribution in [0.4, 0.5) is 0 Å². The van der Waals surface area contributed by atoms with Gasteiger partial charge >= 0.3 is 0 Å². The van der Waals surface area contributed by atoms with E-state index in [0.717, 1.165) is 12.3 Å². The van der Waals surface area contributed by atoms with Crippen molar-refractivity contribution in [2.45, 2.75) is 19.0 Å². The Bertz CT molecular complexity index is 369. The first-order chi connectivity index (χ1) is 8.24. The molecular formula is C13H21N3S. The zero-order valence-electron chi connectivity index (χ0n) is 10.5. The topological polar surface area (TPSA) is 41.3 Å². The predicted octanol–water partition coefficient (Wildman–Crippen LogP) is 1.55. The lowest BCUT2D eigenvalue weighted by molar-refractivity contribution is 0.216. The molecule has 1 aliphatic rings. The van der Waals surface area contributed by atoms with E-state index in [1.165, 1.54) is 16.9 Å². The Morgan fingerprint density at radius 1 is 1.47 bits per heavy atom. The molecule has 1 fully saturated rings. The van der Waals surface area contributed by atoms with Gasteiger partial charge in [0.05, 0.1) is 6.04 Å². The normalized spacial score (nSPS) is 23.6. The fourth-order valence-corrected chi connectivity index (χ4v) is 3.67. The Morgan fingerprint density at radius 3 is 2.88 bits per heavy atom. The maximum Gasteiger partial charge on any atom is 0.0625 e. The largest absolute Gasteiger partial charge is 0.300 e.